The summed E-state index contributed by atoms with van der Waals surface area (Å²) in [4.78, 5) is 0. The summed E-state index contributed by atoms with van der Waals surface area (Å²) < 4.78 is 0. The summed E-state index contributed by atoms with van der Waals surface area (Å²) in [6.07, 6.45) is 5.28. The van der Waals surface area contributed by atoms with E-state index >= 15 is 0 Å². The van der Waals surface area contributed by atoms with Crippen LogP contribution in [0.1, 0.15) is 32.3 Å². The van der Waals surface area contributed by atoms with E-state index in [1.165, 1.54) is 11.3 Å². The Bertz CT molecular complexity index is 304. The molecule has 1 aromatic rings. The number of hydrogen-bond acceptors (Lipinski definition) is 1. The fourth-order valence-corrected chi connectivity index (χ4v) is 1.61. The maximum Gasteiger partial charge on any atom is 0.0344 e. The van der Waals surface area contributed by atoms with Crippen molar-refractivity contribution in [3.05, 3.63) is 42.5 Å². The highest BCUT2D eigenvalue weighted by Crippen LogP contribution is 2.13. The average Bonchev–Trinajstić information content (AvgIpc) is 2.26. The molecular weight excluding hydrogens is 182 g/mol. The molecule has 1 nitrogen and oxygen atoms in total. The summed E-state index contributed by atoms with van der Waals surface area (Å²) in [6.45, 7) is 8.13. The number of benzene rings is 1. The van der Waals surface area contributed by atoms with Gasteiger partial charge in [-0.1, -0.05) is 25.1 Å². The minimum Gasteiger partial charge on any atom is -0.383 e. The van der Waals surface area contributed by atoms with Crippen molar-refractivity contribution in [3.8, 4) is 0 Å². The molecule has 0 saturated heterocycles. The summed E-state index contributed by atoms with van der Waals surface area (Å²) in [5.74, 6) is 0. The third-order valence-corrected chi connectivity index (χ3v) is 2.55. The first-order chi connectivity index (χ1) is 7.26. The van der Waals surface area contributed by atoms with Gasteiger partial charge in [0.25, 0.3) is 0 Å². The van der Waals surface area contributed by atoms with Gasteiger partial charge in [0.05, 0.1) is 0 Å². The van der Waals surface area contributed by atoms with Crippen LogP contribution in [0.25, 0.3) is 0 Å². The lowest BCUT2D eigenvalue weighted by molar-refractivity contribution is 0.719. The number of anilines is 1. The number of aryl methyl sites for hydroxylation is 1. The lowest BCUT2D eigenvalue weighted by Crippen LogP contribution is -2.14. The second-order valence-corrected chi connectivity index (χ2v) is 3.97. The van der Waals surface area contributed by atoms with Gasteiger partial charge in [0.1, 0.15) is 0 Å². The Morgan fingerprint density at radius 3 is 2.93 bits per heavy atom. The highest BCUT2D eigenvalue weighted by Gasteiger charge is 2.00. The molecule has 0 heterocycles. The van der Waals surface area contributed by atoms with E-state index in [0.717, 1.165) is 19.3 Å². The van der Waals surface area contributed by atoms with Crippen LogP contribution in [0.5, 0.6) is 0 Å². The zero-order chi connectivity index (χ0) is 11.1. The quantitative estimate of drug-likeness (QED) is 0.689. The minimum atomic E-state index is 0.509. The second-order valence-electron chi connectivity index (χ2n) is 3.97. The van der Waals surface area contributed by atoms with E-state index in [2.05, 4.69) is 50.0 Å². The molecule has 0 radical (unpaired) electrons. The van der Waals surface area contributed by atoms with E-state index < -0.39 is 0 Å². The van der Waals surface area contributed by atoms with E-state index in [-0.39, 0.29) is 0 Å². The fraction of sp³-hybridized carbons (Fsp3) is 0.429. The van der Waals surface area contributed by atoms with Crippen LogP contribution in [-0.4, -0.2) is 6.04 Å². The van der Waals surface area contributed by atoms with Crippen LogP contribution in [0, 0.1) is 0 Å². The SMILES string of the molecule is C=CCCC(C)Nc1cccc(CC)c1. The van der Waals surface area contributed by atoms with Crippen molar-refractivity contribution in [2.24, 2.45) is 0 Å². The number of nitrogens with one attached hydrogen (secondary N) is 1. The number of hydrogen-bond donors (Lipinski definition) is 1. The van der Waals surface area contributed by atoms with E-state index in [9.17, 15) is 0 Å². The highest BCUT2D eigenvalue weighted by molar-refractivity contribution is 5.46. The first-order valence-electron chi connectivity index (χ1n) is 5.72. The molecule has 82 valence electrons. The summed E-state index contributed by atoms with van der Waals surface area (Å²) in [6, 6.07) is 9.14. The summed E-state index contributed by atoms with van der Waals surface area (Å²) in [5.41, 5.74) is 2.61. The zero-order valence-electron chi connectivity index (χ0n) is 9.79. The summed E-state index contributed by atoms with van der Waals surface area (Å²) >= 11 is 0. The maximum absolute atomic E-state index is 3.74. The third kappa shape index (κ3) is 4.20. The number of allylic oxidation sites excluding steroid dienone is 1. The van der Waals surface area contributed by atoms with Crippen molar-refractivity contribution in [2.75, 3.05) is 5.32 Å². The van der Waals surface area contributed by atoms with E-state index in [0.29, 0.717) is 6.04 Å². The van der Waals surface area contributed by atoms with Crippen LogP contribution in [0.3, 0.4) is 0 Å². The predicted octanol–water partition coefficient (Wildman–Crippen LogP) is 4.02. The van der Waals surface area contributed by atoms with Crippen molar-refractivity contribution in [3.63, 3.8) is 0 Å². The van der Waals surface area contributed by atoms with Crippen LogP contribution in [0.15, 0.2) is 36.9 Å². The van der Waals surface area contributed by atoms with Crippen LogP contribution < -0.4 is 5.32 Å². The van der Waals surface area contributed by atoms with Gasteiger partial charge >= 0.3 is 0 Å². The maximum atomic E-state index is 3.74. The van der Waals surface area contributed by atoms with Gasteiger partial charge in [0.15, 0.2) is 0 Å². The Labute approximate surface area is 93.2 Å². The third-order valence-electron chi connectivity index (χ3n) is 2.55. The molecule has 0 bridgehead atoms. The van der Waals surface area contributed by atoms with Crippen LogP contribution in [0.4, 0.5) is 5.69 Å². The molecule has 1 rings (SSSR count). The molecule has 0 aliphatic rings. The second kappa shape index (κ2) is 6.28. The molecule has 0 saturated carbocycles. The van der Waals surface area contributed by atoms with Gasteiger partial charge in [-0.25, -0.2) is 0 Å². The van der Waals surface area contributed by atoms with Crippen LogP contribution in [-0.2, 0) is 6.42 Å². The van der Waals surface area contributed by atoms with Crippen molar-refractivity contribution >= 4 is 5.69 Å². The van der Waals surface area contributed by atoms with Crippen molar-refractivity contribution in [1.29, 1.82) is 0 Å². The molecule has 1 unspecified atom stereocenters. The van der Waals surface area contributed by atoms with Crippen LogP contribution >= 0.6 is 0 Å². The molecule has 15 heavy (non-hydrogen) atoms. The lowest BCUT2D eigenvalue weighted by Gasteiger charge is -2.14. The van der Waals surface area contributed by atoms with E-state index in [4.69, 9.17) is 0 Å². The van der Waals surface area contributed by atoms with Gasteiger partial charge in [0.2, 0.25) is 0 Å². The van der Waals surface area contributed by atoms with E-state index in [1.54, 1.807) is 0 Å². The first kappa shape index (κ1) is 11.8. The Kier molecular flexibility index (Phi) is 4.96. The molecule has 1 heteroatoms. The van der Waals surface area contributed by atoms with Gasteiger partial charge in [-0.05, 0) is 43.9 Å². The Balaban J connectivity index is 2.51. The molecule has 0 spiro atoms. The molecule has 0 aliphatic carbocycles. The fourth-order valence-electron chi connectivity index (χ4n) is 1.61. The predicted molar refractivity (Wildman–Crippen MR) is 68.3 cm³/mol. The molecule has 0 fully saturated rings. The van der Waals surface area contributed by atoms with Gasteiger partial charge in [-0.2, -0.15) is 0 Å². The Morgan fingerprint density at radius 1 is 1.47 bits per heavy atom. The summed E-state index contributed by atoms with van der Waals surface area (Å²) in [5, 5.41) is 3.50. The first-order valence-corrected chi connectivity index (χ1v) is 5.72. The van der Waals surface area contributed by atoms with Gasteiger partial charge < -0.3 is 5.32 Å². The molecule has 0 aromatic heterocycles. The molecule has 1 atom stereocenters. The molecule has 0 aliphatic heterocycles. The molecular formula is C14H21N. The molecule has 1 N–H and O–H groups in total. The standard InChI is InChI=1S/C14H21N/c1-4-6-8-12(3)15-14-10-7-9-13(5-2)11-14/h4,7,9-12,15H,1,5-6,8H2,2-3H3. The topological polar surface area (TPSA) is 12.0 Å². The van der Waals surface area contributed by atoms with Gasteiger partial charge in [0, 0.05) is 11.7 Å². The molecule has 0 amide bonds. The normalized spacial score (nSPS) is 12.1. The van der Waals surface area contributed by atoms with Crippen molar-refractivity contribution in [1.82, 2.24) is 0 Å². The monoisotopic (exact) mass is 203 g/mol. The lowest BCUT2D eigenvalue weighted by atomic mass is 10.1. The number of rotatable bonds is 6. The van der Waals surface area contributed by atoms with Gasteiger partial charge in [-0.3, -0.25) is 0 Å². The average molecular weight is 203 g/mol. The minimum absolute atomic E-state index is 0.509. The largest absolute Gasteiger partial charge is 0.383 e. The molecule has 1 aromatic carbocycles. The summed E-state index contributed by atoms with van der Waals surface area (Å²) in [7, 11) is 0. The van der Waals surface area contributed by atoms with E-state index in [1.807, 2.05) is 6.08 Å². The van der Waals surface area contributed by atoms with Gasteiger partial charge in [-0.15, -0.1) is 6.58 Å². The highest BCUT2D eigenvalue weighted by atomic mass is 14.9. The zero-order valence-corrected chi connectivity index (χ0v) is 9.79. The Hall–Kier alpha value is -1.24. The van der Waals surface area contributed by atoms with Crippen molar-refractivity contribution < 1.29 is 0 Å². The van der Waals surface area contributed by atoms with Crippen molar-refractivity contribution in [2.45, 2.75) is 39.2 Å². The van der Waals surface area contributed by atoms with Crippen LogP contribution in [0.2, 0.25) is 0 Å². The smallest absolute Gasteiger partial charge is 0.0344 e. The Morgan fingerprint density at radius 2 is 2.27 bits per heavy atom.